The predicted octanol–water partition coefficient (Wildman–Crippen LogP) is 2.39. The molecule has 1 heterocycles. The van der Waals surface area contributed by atoms with Gasteiger partial charge in [0.15, 0.2) is 0 Å². The van der Waals surface area contributed by atoms with Crippen molar-refractivity contribution in [1.29, 1.82) is 0 Å². The zero-order valence-corrected chi connectivity index (χ0v) is 13.5. The predicted molar refractivity (Wildman–Crippen MR) is 86.5 cm³/mol. The van der Waals surface area contributed by atoms with Crippen molar-refractivity contribution in [2.24, 2.45) is 5.41 Å². The molecule has 1 aromatic rings. The summed E-state index contributed by atoms with van der Waals surface area (Å²) >= 11 is 0. The van der Waals surface area contributed by atoms with Crippen LogP contribution >= 0.6 is 0 Å². The van der Waals surface area contributed by atoms with Crippen LogP contribution in [0.3, 0.4) is 0 Å². The molecule has 1 aromatic carbocycles. The molecule has 0 radical (unpaired) electrons. The third-order valence-corrected chi connectivity index (χ3v) is 4.31. The number of likely N-dealkylation sites (tertiary alicyclic amines) is 1. The van der Waals surface area contributed by atoms with Gasteiger partial charge in [0.05, 0.1) is 5.41 Å². The average Bonchev–Trinajstić information content (AvgIpc) is 2.85. The van der Waals surface area contributed by atoms with Crippen LogP contribution < -0.4 is 10.2 Å². The number of urea groups is 1. The molecule has 1 aliphatic rings. The summed E-state index contributed by atoms with van der Waals surface area (Å²) in [6.07, 6.45) is 0.479. The average molecular weight is 305 g/mol. The minimum absolute atomic E-state index is 0.237. The van der Waals surface area contributed by atoms with Gasteiger partial charge in [-0.05, 0) is 38.0 Å². The van der Waals surface area contributed by atoms with Crippen LogP contribution in [0.4, 0.5) is 16.2 Å². The first kappa shape index (κ1) is 16.1. The minimum atomic E-state index is -0.853. The number of nitrogens with one attached hydrogen (secondary N) is 1. The summed E-state index contributed by atoms with van der Waals surface area (Å²) in [5, 5.41) is 12.1. The highest BCUT2D eigenvalue weighted by atomic mass is 16.4. The molecule has 6 heteroatoms. The summed E-state index contributed by atoms with van der Waals surface area (Å²) in [6, 6.07) is 5.49. The summed E-state index contributed by atoms with van der Waals surface area (Å²) in [5.41, 5.74) is 1.92. The highest BCUT2D eigenvalue weighted by Crippen LogP contribution is 2.31. The van der Waals surface area contributed by atoms with Crippen LogP contribution in [-0.4, -0.2) is 49.2 Å². The molecule has 2 amide bonds. The highest BCUT2D eigenvalue weighted by molar-refractivity contribution is 5.92. The number of rotatable bonds is 3. The molecule has 0 saturated carbocycles. The monoisotopic (exact) mass is 305 g/mol. The Morgan fingerprint density at radius 2 is 2.05 bits per heavy atom. The van der Waals surface area contributed by atoms with Gasteiger partial charge in [0, 0.05) is 38.6 Å². The van der Waals surface area contributed by atoms with Gasteiger partial charge < -0.3 is 20.2 Å². The van der Waals surface area contributed by atoms with Crippen LogP contribution in [0.1, 0.15) is 18.9 Å². The van der Waals surface area contributed by atoms with E-state index in [-0.39, 0.29) is 12.6 Å². The second-order valence-electron chi connectivity index (χ2n) is 6.31. The van der Waals surface area contributed by atoms with Gasteiger partial charge in [-0.15, -0.1) is 0 Å². The molecule has 6 nitrogen and oxygen atoms in total. The lowest BCUT2D eigenvalue weighted by Gasteiger charge is -2.22. The molecule has 0 spiro atoms. The van der Waals surface area contributed by atoms with Crippen LogP contribution in [0.2, 0.25) is 0 Å². The Morgan fingerprint density at radius 1 is 1.36 bits per heavy atom. The Hall–Kier alpha value is -2.24. The molecule has 2 N–H and O–H groups in total. The van der Waals surface area contributed by atoms with Crippen molar-refractivity contribution in [3.8, 4) is 0 Å². The molecule has 0 bridgehead atoms. The number of hydrogen-bond donors (Lipinski definition) is 2. The number of aliphatic carboxylic acids is 1. The van der Waals surface area contributed by atoms with E-state index in [1.165, 1.54) is 0 Å². The summed E-state index contributed by atoms with van der Waals surface area (Å²) < 4.78 is 0. The van der Waals surface area contributed by atoms with E-state index in [0.29, 0.717) is 13.0 Å². The zero-order valence-electron chi connectivity index (χ0n) is 13.5. The topological polar surface area (TPSA) is 72.9 Å². The second kappa shape index (κ2) is 5.87. The number of amides is 2. The van der Waals surface area contributed by atoms with E-state index >= 15 is 0 Å². The number of anilines is 2. The van der Waals surface area contributed by atoms with Crippen molar-refractivity contribution in [3.63, 3.8) is 0 Å². The fourth-order valence-corrected chi connectivity index (χ4v) is 2.75. The van der Waals surface area contributed by atoms with Crippen molar-refractivity contribution < 1.29 is 14.7 Å². The molecule has 2 rings (SSSR count). The van der Waals surface area contributed by atoms with Crippen LogP contribution in [0.15, 0.2) is 18.2 Å². The summed E-state index contributed by atoms with van der Waals surface area (Å²) in [6.45, 7) is 4.33. The lowest BCUT2D eigenvalue weighted by atomic mass is 9.90. The van der Waals surface area contributed by atoms with Gasteiger partial charge in [0.25, 0.3) is 0 Å². The smallest absolute Gasteiger partial charge is 0.321 e. The molecular formula is C16H23N3O3. The lowest BCUT2D eigenvalue weighted by Crippen LogP contribution is -2.37. The molecule has 22 heavy (non-hydrogen) atoms. The van der Waals surface area contributed by atoms with Gasteiger partial charge in [-0.1, -0.05) is 6.07 Å². The number of carboxylic acid groups (broad SMARTS) is 1. The van der Waals surface area contributed by atoms with Gasteiger partial charge in [-0.25, -0.2) is 4.79 Å². The molecular weight excluding hydrogens is 282 g/mol. The fraction of sp³-hybridized carbons (Fsp3) is 0.500. The molecule has 120 valence electrons. The number of nitrogens with zero attached hydrogens (tertiary/aromatic N) is 2. The highest BCUT2D eigenvalue weighted by Gasteiger charge is 2.42. The summed E-state index contributed by atoms with van der Waals surface area (Å²) in [5.74, 6) is -0.853. The van der Waals surface area contributed by atoms with E-state index in [4.69, 9.17) is 0 Å². The number of hydrogen-bond acceptors (Lipinski definition) is 3. The third kappa shape index (κ3) is 3.00. The van der Waals surface area contributed by atoms with Crippen molar-refractivity contribution >= 4 is 23.4 Å². The molecule has 1 fully saturated rings. The Labute approximate surface area is 130 Å². The van der Waals surface area contributed by atoms with Crippen LogP contribution in [0.25, 0.3) is 0 Å². The normalized spacial score (nSPS) is 20.8. The lowest BCUT2D eigenvalue weighted by molar-refractivity contribution is -0.146. The van der Waals surface area contributed by atoms with Gasteiger partial charge in [0.2, 0.25) is 0 Å². The first-order valence-electron chi connectivity index (χ1n) is 7.31. The largest absolute Gasteiger partial charge is 0.481 e. The van der Waals surface area contributed by atoms with E-state index in [1.54, 1.807) is 11.8 Å². The summed E-state index contributed by atoms with van der Waals surface area (Å²) in [4.78, 5) is 27.2. The van der Waals surface area contributed by atoms with E-state index in [0.717, 1.165) is 16.9 Å². The third-order valence-electron chi connectivity index (χ3n) is 4.31. The van der Waals surface area contributed by atoms with Gasteiger partial charge in [-0.3, -0.25) is 4.79 Å². The van der Waals surface area contributed by atoms with E-state index in [1.807, 2.05) is 44.1 Å². The zero-order chi connectivity index (χ0) is 16.5. The maximum atomic E-state index is 12.4. The van der Waals surface area contributed by atoms with E-state index in [2.05, 4.69) is 5.32 Å². The van der Waals surface area contributed by atoms with Gasteiger partial charge >= 0.3 is 12.0 Å². The van der Waals surface area contributed by atoms with Crippen LogP contribution in [0, 0.1) is 12.3 Å². The van der Waals surface area contributed by atoms with Crippen molar-refractivity contribution in [2.75, 3.05) is 37.4 Å². The van der Waals surface area contributed by atoms with Gasteiger partial charge in [0.1, 0.15) is 0 Å². The molecule has 1 unspecified atom stereocenters. The molecule has 0 aromatic heterocycles. The maximum absolute atomic E-state index is 12.4. The standard InChI is InChI=1S/C16H23N3O3/c1-11-12(6-5-7-13(11)18(3)4)17-15(22)19-9-8-16(2,10-19)14(20)21/h5-7H,8-10H2,1-4H3,(H,17,22)(H,20,21). The van der Waals surface area contributed by atoms with Gasteiger partial charge in [-0.2, -0.15) is 0 Å². The first-order valence-corrected chi connectivity index (χ1v) is 7.31. The molecule has 1 saturated heterocycles. The molecule has 1 aliphatic heterocycles. The number of carbonyl (C=O) groups excluding carboxylic acids is 1. The number of benzene rings is 1. The number of carbonyl (C=O) groups is 2. The Kier molecular flexibility index (Phi) is 4.30. The van der Waals surface area contributed by atoms with Crippen molar-refractivity contribution in [3.05, 3.63) is 23.8 Å². The van der Waals surface area contributed by atoms with E-state index < -0.39 is 11.4 Å². The van der Waals surface area contributed by atoms with Crippen molar-refractivity contribution in [2.45, 2.75) is 20.3 Å². The Balaban J connectivity index is 2.11. The Morgan fingerprint density at radius 3 is 2.59 bits per heavy atom. The minimum Gasteiger partial charge on any atom is -0.481 e. The fourth-order valence-electron chi connectivity index (χ4n) is 2.75. The SMILES string of the molecule is Cc1c(NC(=O)N2CCC(C)(C(=O)O)C2)cccc1N(C)C. The van der Waals surface area contributed by atoms with Crippen molar-refractivity contribution in [1.82, 2.24) is 4.90 Å². The second-order valence-corrected chi connectivity index (χ2v) is 6.31. The van der Waals surface area contributed by atoms with Crippen LogP contribution in [-0.2, 0) is 4.79 Å². The van der Waals surface area contributed by atoms with E-state index in [9.17, 15) is 14.7 Å². The summed E-state index contributed by atoms with van der Waals surface area (Å²) in [7, 11) is 3.90. The number of carboxylic acids is 1. The first-order chi connectivity index (χ1) is 10.2. The molecule has 1 atom stereocenters. The van der Waals surface area contributed by atoms with Crippen LogP contribution in [0.5, 0.6) is 0 Å². The quantitative estimate of drug-likeness (QED) is 0.899. The maximum Gasteiger partial charge on any atom is 0.321 e. The Bertz CT molecular complexity index is 600. The molecule has 0 aliphatic carbocycles.